The highest BCUT2D eigenvalue weighted by Gasteiger charge is 2.19. The molecule has 0 bridgehead atoms. The van der Waals surface area contributed by atoms with E-state index in [1.807, 2.05) is 6.07 Å². The molecule has 0 radical (unpaired) electrons. The molecule has 1 heterocycles. The first-order chi connectivity index (χ1) is 25.3. The summed E-state index contributed by atoms with van der Waals surface area (Å²) in [7, 11) is 0. The van der Waals surface area contributed by atoms with Crippen LogP contribution in [0.3, 0.4) is 0 Å². The molecule has 11 aromatic rings. The number of fused-ring (bicyclic) bond motifs is 11. The quantitative estimate of drug-likeness (QED) is 0.138. The lowest BCUT2D eigenvalue weighted by Gasteiger charge is -2.19. The normalized spacial score (nSPS) is 11.9. The van der Waals surface area contributed by atoms with Crippen molar-refractivity contribution in [3.8, 4) is 33.4 Å². The Morgan fingerprint density at radius 1 is 0.294 bits per heavy atom. The number of rotatable bonds is 3. The van der Waals surface area contributed by atoms with Gasteiger partial charge in [-0.2, -0.15) is 0 Å². The topological polar surface area (TPSA) is 13.1 Å². The summed E-state index contributed by atoms with van der Waals surface area (Å²) in [5.74, 6) is 0. The Bertz CT molecular complexity index is 3130. The fraction of sp³-hybridized carbons (Fsp3) is 0. The van der Waals surface area contributed by atoms with Gasteiger partial charge in [-0.3, -0.25) is 0 Å². The van der Waals surface area contributed by atoms with Gasteiger partial charge in [-0.1, -0.05) is 158 Å². The van der Waals surface area contributed by atoms with Gasteiger partial charge < -0.3 is 4.42 Å². The van der Waals surface area contributed by atoms with Gasteiger partial charge >= 0.3 is 0 Å². The van der Waals surface area contributed by atoms with Crippen LogP contribution in [0.4, 0.5) is 0 Å². The molecule has 0 spiro atoms. The van der Waals surface area contributed by atoms with Gasteiger partial charge in [-0.15, -0.1) is 0 Å². The second kappa shape index (κ2) is 10.9. The Morgan fingerprint density at radius 3 is 1.61 bits per heavy atom. The zero-order chi connectivity index (χ0) is 33.5. The van der Waals surface area contributed by atoms with Crippen LogP contribution in [0.2, 0.25) is 0 Å². The predicted molar refractivity (Wildman–Crippen MR) is 218 cm³/mol. The molecule has 0 fully saturated rings. The van der Waals surface area contributed by atoms with Crippen LogP contribution in [0, 0.1) is 0 Å². The first kappa shape index (κ1) is 28.2. The van der Waals surface area contributed by atoms with Crippen molar-refractivity contribution in [2.75, 3.05) is 0 Å². The molecule has 11 rings (SSSR count). The summed E-state index contributed by atoms with van der Waals surface area (Å²) in [5.41, 5.74) is 9.28. The zero-order valence-corrected chi connectivity index (χ0v) is 27.7. The highest BCUT2D eigenvalue weighted by atomic mass is 16.3. The van der Waals surface area contributed by atoms with Gasteiger partial charge in [0, 0.05) is 16.2 Å². The van der Waals surface area contributed by atoms with Crippen molar-refractivity contribution in [1.29, 1.82) is 0 Å². The molecular weight excluding hydrogens is 617 g/mol. The van der Waals surface area contributed by atoms with E-state index in [0.29, 0.717) is 0 Å². The number of furan rings is 1. The van der Waals surface area contributed by atoms with E-state index in [-0.39, 0.29) is 0 Å². The summed E-state index contributed by atoms with van der Waals surface area (Å²) < 4.78 is 6.54. The Balaban J connectivity index is 1.15. The molecule has 0 aliphatic heterocycles. The van der Waals surface area contributed by atoms with Crippen molar-refractivity contribution in [3.63, 3.8) is 0 Å². The van der Waals surface area contributed by atoms with E-state index in [4.69, 9.17) is 4.42 Å². The Labute approximate surface area is 294 Å². The first-order valence-corrected chi connectivity index (χ1v) is 17.6. The molecule has 0 unspecified atom stereocenters. The minimum atomic E-state index is 0.924. The van der Waals surface area contributed by atoms with E-state index in [1.165, 1.54) is 87.2 Å². The van der Waals surface area contributed by atoms with Gasteiger partial charge in [0.15, 0.2) is 0 Å². The second-order valence-electron chi connectivity index (χ2n) is 13.6. The Morgan fingerprint density at radius 2 is 0.843 bits per heavy atom. The van der Waals surface area contributed by atoms with Crippen molar-refractivity contribution < 1.29 is 4.42 Å². The van der Waals surface area contributed by atoms with Gasteiger partial charge in [0.25, 0.3) is 0 Å². The van der Waals surface area contributed by atoms with Gasteiger partial charge in [-0.25, -0.2) is 0 Å². The van der Waals surface area contributed by atoms with E-state index in [0.717, 1.165) is 21.9 Å². The maximum absolute atomic E-state index is 6.54. The van der Waals surface area contributed by atoms with Crippen LogP contribution in [-0.2, 0) is 0 Å². The van der Waals surface area contributed by atoms with Crippen LogP contribution >= 0.6 is 0 Å². The maximum Gasteiger partial charge on any atom is 0.143 e. The summed E-state index contributed by atoms with van der Waals surface area (Å²) in [6, 6.07) is 66.3. The van der Waals surface area contributed by atoms with Gasteiger partial charge in [0.1, 0.15) is 11.2 Å². The highest BCUT2D eigenvalue weighted by molar-refractivity contribution is 6.30. The lowest BCUT2D eigenvalue weighted by atomic mass is 9.84. The summed E-state index contributed by atoms with van der Waals surface area (Å²) in [5, 5.41) is 14.7. The number of hydrogen-bond donors (Lipinski definition) is 0. The van der Waals surface area contributed by atoms with Crippen LogP contribution in [0.15, 0.2) is 186 Å². The third kappa shape index (κ3) is 4.16. The molecular formula is C50H30O. The third-order valence-electron chi connectivity index (χ3n) is 10.8. The van der Waals surface area contributed by atoms with Crippen molar-refractivity contribution in [1.82, 2.24) is 0 Å². The minimum absolute atomic E-state index is 0.924. The van der Waals surface area contributed by atoms with Crippen molar-refractivity contribution in [2.45, 2.75) is 0 Å². The van der Waals surface area contributed by atoms with E-state index in [1.54, 1.807) is 0 Å². The molecule has 1 heteroatoms. The van der Waals surface area contributed by atoms with E-state index < -0.39 is 0 Å². The number of para-hydroxylation sites is 1. The molecule has 0 amide bonds. The standard InChI is InChI=1S/C50H30O/c1-2-17-35-31(13-1)14-12-25-37(35)48-41-22-7-5-20-39(41)47(40-21-6-8-23-42(40)48)34-16-11-15-32(29-34)33-27-28-43-45(30-33)36-18-3-4-19-38(36)49-44-24-9-10-26-46(44)51-50(43)49/h1-30H. The molecule has 10 aromatic carbocycles. The maximum atomic E-state index is 6.54. The molecule has 0 aliphatic carbocycles. The SMILES string of the molecule is c1cc(-c2ccc3c(c2)c2ccccc2c2c4ccccc4oc32)cc(-c2c3ccccc3c(-c3cccc4ccccc34)c3ccccc23)c1. The third-order valence-corrected chi connectivity index (χ3v) is 10.8. The molecule has 0 saturated heterocycles. The molecule has 0 atom stereocenters. The van der Waals surface area contributed by atoms with Crippen LogP contribution in [-0.4, -0.2) is 0 Å². The highest BCUT2D eigenvalue weighted by Crippen LogP contribution is 2.46. The van der Waals surface area contributed by atoms with Crippen molar-refractivity contribution >= 4 is 75.8 Å². The van der Waals surface area contributed by atoms with Crippen LogP contribution < -0.4 is 0 Å². The van der Waals surface area contributed by atoms with E-state index >= 15 is 0 Å². The summed E-state index contributed by atoms with van der Waals surface area (Å²) >= 11 is 0. The lowest BCUT2D eigenvalue weighted by molar-refractivity contribution is 0.673. The summed E-state index contributed by atoms with van der Waals surface area (Å²) in [6.45, 7) is 0. The fourth-order valence-electron chi connectivity index (χ4n) is 8.61. The summed E-state index contributed by atoms with van der Waals surface area (Å²) in [6.07, 6.45) is 0. The average molecular weight is 647 g/mol. The Kier molecular flexibility index (Phi) is 6.02. The van der Waals surface area contributed by atoms with Crippen LogP contribution in [0.5, 0.6) is 0 Å². The molecule has 0 aliphatic rings. The minimum Gasteiger partial charge on any atom is -0.455 e. The molecule has 1 aromatic heterocycles. The van der Waals surface area contributed by atoms with Crippen molar-refractivity contribution in [3.05, 3.63) is 182 Å². The first-order valence-electron chi connectivity index (χ1n) is 17.6. The van der Waals surface area contributed by atoms with Crippen molar-refractivity contribution in [2.24, 2.45) is 0 Å². The molecule has 51 heavy (non-hydrogen) atoms. The van der Waals surface area contributed by atoms with Gasteiger partial charge in [0.2, 0.25) is 0 Å². The fourth-order valence-corrected chi connectivity index (χ4v) is 8.61. The van der Waals surface area contributed by atoms with Crippen LogP contribution in [0.1, 0.15) is 0 Å². The molecule has 1 nitrogen and oxygen atoms in total. The summed E-state index contributed by atoms with van der Waals surface area (Å²) in [4.78, 5) is 0. The number of hydrogen-bond acceptors (Lipinski definition) is 1. The van der Waals surface area contributed by atoms with Gasteiger partial charge in [-0.05, 0) is 106 Å². The predicted octanol–water partition coefficient (Wildman–Crippen LogP) is 14.4. The second-order valence-corrected chi connectivity index (χ2v) is 13.6. The lowest BCUT2D eigenvalue weighted by Crippen LogP contribution is -1.92. The smallest absolute Gasteiger partial charge is 0.143 e. The molecule has 0 N–H and O–H groups in total. The zero-order valence-electron chi connectivity index (χ0n) is 27.7. The van der Waals surface area contributed by atoms with E-state index in [9.17, 15) is 0 Å². The average Bonchev–Trinajstić information content (AvgIpc) is 3.60. The van der Waals surface area contributed by atoms with Gasteiger partial charge in [0.05, 0.1) is 0 Å². The van der Waals surface area contributed by atoms with Crippen LogP contribution in [0.25, 0.3) is 109 Å². The molecule has 236 valence electrons. The number of benzene rings is 10. The monoisotopic (exact) mass is 646 g/mol. The Hall–Kier alpha value is -6.70. The molecule has 0 saturated carbocycles. The van der Waals surface area contributed by atoms with E-state index in [2.05, 4.69) is 176 Å². The largest absolute Gasteiger partial charge is 0.455 e.